The fourth-order valence-electron chi connectivity index (χ4n) is 3.03. The van der Waals surface area contributed by atoms with Gasteiger partial charge in [0.15, 0.2) is 0 Å². The van der Waals surface area contributed by atoms with Crippen molar-refractivity contribution in [2.75, 3.05) is 19.6 Å². The summed E-state index contributed by atoms with van der Waals surface area (Å²) in [6, 6.07) is 10.3. The first kappa shape index (κ1) is 14.3. The van der Waals surface area contributed by atoms with Gasteiger partial charge >= 0.3 is 0 Å². The molecule has 4 nitrogen and oxygen atoms in total. The number of nitrogens with zero attached hydrogens (tertiary/aromatic N) is 3. The topological polar surface area (TPSA) is 47.1 Å². The number of nitrogens with two attached hydrogens (primary N) is 1. The van der Waals surface area contributed by atoms with Gasteiger partial charge in [-0.15, -0.1) is 0 Å². The number of rotatable bonds is 4. The molecule has 1 saturated heterocycles. The molecular formula is C17H24N4. The van der Waals surface area contributed by atoms with Crippen molar-refractivity contribution in [1.29, 1.82) is 0 Å². The number of aryl methyl sites for hydroxylation is 1. The van der Waals surface area contributed by atoms with Gasteiger partial charge in [0.1, 0.15) is 0 Å². The summed E-state index contributed by atoms with van der Waals surface area (Å²) in [6.45, 7) is 8.32. The number of likely N-dealkylation sites (tertiary alicyclic amines) is 1. The first-order chi connectivity index (χ1) is 10.1. The summed E-state index contributed by atoms with van der Waals surface area (Å²) >= 11 is 0. The van der Waals surface area contributed by atoms with Gasteiger partial charge in [-0.05, 0) is 44.0 Å². The molecule has 0 saturated carbocycles. The van der Waals surface area contributed by atoms with Crippen LogP contribution in [0, 0.1) is 12.3 Å². The van der Waals surface area contributed by atoms with E-state index in [1.54, 1.807) is 0 Å². The lowest BCUT2D eigenvalue weighted by atomic mass is 9.90. The third-order valence-electron chi connectivity index (χ3n) is 4.54. The number of para-hydroxylation sites is 1. The van der Waals surface area contributed by atoms with Gasteiger partial charge < -0.3 is 5.73 Å². The smallest absolute Gasteiger partial charge is 0.0645 e. The molecule has 0 spiro atoms. The highest BCUT2D eigenvalue weighted by Gasteiger charge is 2.32. The predicted octanol–water partition coefficient (Wildman–Crippen LogP) is 2.35. The van der Waals surface area contributed by atoms with Gasteiger partial charge in [0.05, 0.1) is 11.4 Å². The van der Waals surface area contributed by atoms with E-state index in [-0.39, 0.29) is 5.41 Å². The summed E-state index contributed by atoms with van der Waals surface area (Å²) in [5.74, 6) is 0. The van der Waals surface area contributed by atoms with Gasteiger partial charge in [-0.3, -0.25) is 4.90 Å². The summed E-state index contributed by atoms with van der Waals surface area (Å²) in [4.78, 5) is 2.49. The third kappa shape index (κ3) is 3.01. The lowest BCUT2D eigenvalue weighted by Gasteiger charge is -2.22. The van der Waals surface area contributed by atoms with E-state index in [1.165, 1.54) is 12.0 Å². The van der Waals surface area contributed by atoms with Crippen LogP contribution < -0.4 is 5.73 Å². The summed E-state index contributed by atoms with van der Waals surface area (Å²) in [7, 11) is 0. The molecule has 2 heterocycles. The molecular weight excluding hydrogens is 260 g/mol. The largest absolute Gasteiger partial charge is 0.330 e. The maximum absolute atomic E-state index is 5.89. The van der Waals surface area contributed by atoms with E-state index in [4.69, 9.17) is 5.73 Å². The van der Waals surface area contributed by atoms with Crippen LogP contribution in [-0.4, -0.2) is 34.3 Å². The van der Waals surface area contributed by atoms with Crippen LogP contribution in [0.5, 0.6) is 0 Å². The van der Waals surface area contributed by atoms with Crippen LogP contribution >= 0.6 is 0 Å². The molecule has 1 fully saturated rings. The molecule has 21 heavy (non-hydrogen) atoms. The van der Waals surface area contributed by atoms with Crippen LogP contribution in [0.1, 0.15) is 24.6 Å². The minimum absolute atomic E-state index is 0.281. The maximum Gasteiger partial charge on any atom is 0.0645 e. The van der Waals surface area contributed by atoms with Gasteiger partial charge in [0, 0.05) is 24.8 Å². The van der Waals surface area contributed by atoms with Crippen molar-refractivity contribution in [2.45, 2.75) is 26.8 Å². The van der Waals surface area contributed by atoms with E-state index in [0.717, 1.165) is 37.6 Å². The zero-order valence-corrected chi connectivity index (χ0v) is 12.9. The fourth-order valence-corrected chi connectivity index (χ4v) is 3.03. The molecule has 0 aliphatic carbocycles. The molecule has 1 aromatic heterocycles. The van der Waals surface area contributed by atoms with Crippen molar-refractivity contribution in [2.24, 2.45) is 11.1 Å². The van der Waals surface area contributed by atoms with Gasteiger partial charge in [0.2, 0.25) is 0 Å². The summed E-state index contributed by atoms with van der Waals surface area (Å²) in [5, 5.41) is 4.64. The van der Waals surface area contributed by atoms with E-state index in [2.05, 4.69) is 42.2 Å². The van der Waals surface area contributed by atoms with E-state index in [9.17, 15) is 0 Å². The van der Waals surface area contributed by atoms with Crippen LogP contribution in [0.3, 0.4) is 0 Å². The summed E-state index contributed by atoms with van der Waals surface area (Å²) in [6.07, 6.45) is 3.35. The predicted molar refractivity (Wildman–Crippen MR) is 85.4 cm³/mol. The Balaban J connectivity index is 1.74. The molecule has 0 radical (unpaired) electrons. The Hall–Kier alpha value is -1.65. The molecule has 1 aliphatic heterocycles. The molecule has 4 heteroatoms. The molecule has 1 unspecified atom stereocenters. The third-order valence-corrected chi connectivity index (χ3v) is 4.54. The normalized spacial score (nSPS) is 22.8. The van der Waals surface area contributed by atoms with Crippen molar-refractivity contribution in [3.05, 3.63) is 47.8 Å². The van der Waals surface area contributed by atoms with Crippen molar-refractivity contribution >= 4 is 0 Å². The highest BCUT2D eigenvalue weighted by atomic mass is 15.3. The zero-order valence-electron chi connectivity index (χ0n) is 12.9. The monoisotopic (exact) mass is 284 g/mol. The van der Waals surface area contributed by atoms with Crippen LogP contribution in [0.25, 0.3) is 5.69 Å². The molecule has 3 rings (SSSR count). The minimum Gasteiger partial charge on any atom is -0.330 e. The Labute approximate surface area is 126 Å². The Morgan fingerprint density at radius 3 is 2.71 bits per heavy atom. The highest BCUT2D eigenvalue weighted by molar-refractivity contribution is 5.32. The van der Waals surface area contributed by atoms with Crippen molar-refractivity contribution in [3.8, 4) is 5.69 Å². The Morgan fingerprint density at radius 1 is 1.29 bits per heavy atom. The van der Waals surface area contributed by atoms with Crippen molar-refractivity contribution < 1.29 is 0 Å². The fraction of sp³-hybridized carbons (Fsp3) is 0.471. The summed E-state index contributed by atoms with van der Waals surface area (Å²) in [5.41, 5.74) is 9.70. The molecule has 1 aromatic carbocycles. The summed E-state index contributed by atoms with van der Waals surface area (Å²) < 4.78 is 1.98. The second-order valence-electron chi connectivity index (χ2n) is 6.50. The quantitative estimate of drug-likeness (QED) is 0.937. The Morgan fingerprint density at radius 2 is 2.05 bits per heavy atom. The Kier molecular flexibility index (Phi) is 3.83. The molecule has 0 bridgehead atoms. The van der Waals surface area contributed by atoms with E-state index < -0.39 is 0 Å². The lowest BCUT2D eigenvalue weighted by molar-refractivity contribution is 0.274. The van der Waals surface area contributed by atoms with Crippen LogP contribution in [0.15, 0.2) is 36.5 Å². The molecule has 112 valence electrons. The molecule has 1 aliphatic rings. The SMILES string of the molecule is Cc1nn(-c2ccccc2)cc1CN1CCC(C)(CN)C1. The van der Waals surface area contributed by atoms with Crippen LogP contribution in [0.2, 0.25) is 0 Å². The lowest BCUT2D eigenvalue weighted by Crippen LogP contribution is -2.31. The Bertz CT molecular complexity index is 605. The number of aromatic nitrogens is 2. The minimum atomic E-state index is 0.281. The van der Waals surface area contributed by atoms with E-state index in [1.807, 2.05) is 22.9 Å². The number of benzene rings is 1. The maximum atomic E-state index is 5.89. The van der Waals surface area contributed by atoms with Gasteiger partial charge in [-0.25, -0.2) is 4.68 Å². The molecule has 2 aromatic rings. The first-order valence-electron chi connectivity index (χ1n) is 7.63. The van der Waals surface area contributed by atoms with Crippen molar-refractivity contribution in [1.82, 2.24) is 14.7 Å². The van der Waals surface area contributed by atoms with Crippen LogP contribution in [-0.2, 0) is 6.54 Å². The van der Waals surface area contributed by atoms with Gasteiger partial charge in [-0.2, -0.15) is 5.10 Å². The van der Waals surface area contributed by atoms with Gasteiger partial charge in [-0.1, -0.05) is 25.1 Å². The second-order valence-corrected chi connectivity index (χ2v) is 6.50. The highest BCUT2D eigenvalue weighted by Crippen LogP contribution is 2.29. The average Bonchev–Trinajstić information content (AvgIpc) is 3.05. The average molecular weight is 284 g/mol. The second kappa shape index (κ2) is 5.62. The van der Waals surface area contributed by atoms with E-state index in [0.29, 0.717) is 0 Å². The standard InChI is InChI=1S/C17H24N4/c1-14-15(10-20-9-8-17(2,12-18)13-20)11-21(19-14)16-6-4-3-5-7-16/h3-7,11H,8-10,12-13,18H2,1-2H3. The molecule has 0 amide bonds. The molecule has 2 N–H and O–H groups in total. The zero-order chi connectivity index (χ0) is 14.9. The number of hydrogen-bond donors (Lipinski definition) is 1. The molecule has 1 atom stereocenters. The van der Waals surface area contributed by atoms with E-state index >= 15 is 0 Å². The van der Waals surface area contributed by atoms with Crippen molar-refractivity contribution in [3.63, 3.8) is 0 Å². The first-order valence-corrected chi connectivity index (χ1v) is 7.63. The number of hydrogen-bond acceptors (Lipinski definition) is 3. The van der Waals surface area contributed by atoms with Crippen LogP contribution in [0.4, 0.5) is 0 Å². The van der Waals surface area contributed by atoms with Gasteiger partial charge in [0.25, 0.3) is 0 Å².